The standard InChI is InChI=1S/C16H9F3O2/c1-8-4-13(19)11(7-12(8)18)16(20)15-6-9-5-10(17)2-3-14(9)21-15/h2-7H,1H3. The first kappa shape index (κ1) is 13.4. The van der Waals surface area contributed by atoms with Crippen LogP contribution < -0.4 is 0 Å². The van der Waals surface area contributed by atoms with E-state index < -0.39 is 28.8 Å². The molecule has 0 fully saturated rings. The molecule has 0 radical (unpaired) electrons. The van der Waals surface area contributed by atoms with Crippen LogP contribution in [0, 0.1) is 24.4 Å². The van der Waals surface area contributed by atoms with Crippen LogP contribution in [0.3, 0.4) is 0 Å². The summed E-state index contributed by atoms with van der Waals surface area (Å²) in [6.07, 6.45) is 0. The quantitative estimate of drug-likeness (QED) is 0.655. The molecule has 0 N–H and O–H groups in total. The normalized spacial score (nSPS) is 11.0. The summed E-state index contributed by atoms with van der Waals surface area (Å²) in [5, 5.41) is 0.381. The number of aryl methyl sites for hydroxylation is 1. The van der Waals surface area contributed by atoms with E-state index in [2.05, 4.69) is 0 Å². The second-order valence-electron chi connectivity index (χ2n) is 4.70. The zero-order valence-electron chi connectivity index (χ0n) is 10.9. The summed E-state index contributed by atoms with van der Waals surface area (Å²) in [5.74, 6) is -2.94. The van der Waals surface area contributed by atoms with E-state index in [9.17, 15) is 18.0 Å². The molecule has 0 aliphatic heterocycles. The van der Waals surface area contributed by atoms with Crippen molar-refractivity contribution in [2.75, 3.05) is 0 Å². The Kier molecular flexibility index (Phi) is 3.05. The molecular weight excluding hydrogens is 281 g/mol. The third kappa shape index (κ3) is 2.31. The number of furan rings is 1. The first-order chi connectivity index (χ1) is 9.95. The van der Waals surface area contributed by atoms with Gasteiger partial charge in [0.15, 0.2) is 5.76 Å². The molecule has 21 heavy (non-hydrogen) atoms. The van der Waals surface area contributed by atoms with Gasteiger partial charge in [0.05, 0.1) is 5.56 Å². The minimum atomic E-state index is -0.828. The van der Waals surface area contributed by atoms with Crippen molar-refractivity contribution in [3.05, 3.63) is 70.7 Å². The number of ketones is 1. The maximum atomic E-state index is 13.8. The van der Waals surface area contributed by atoms with Gasteiger partial charge in [-0.25, -0.2) is 13.2 Å². The van der Waals surface area contributed by atoms with Crippen LogP contribution in [-0.4, -0.2) is 5.78 Å². The number of carbonyl (C=O) groups is 1. The highest BCUT2D eigenvalue weighted by molar-refractivity contribution is 6.09. The molecule has 0 unspecified atom stereocenters. The topological polar surface area (TPSA) is 30.2 Å². The van der Waals surface area contributed by atoms with E-state index in [-0.39, 0.29) is 11.3 Å². The minimum Gasteiger partial charge on any atom is -0.453 e. The van der Waals surface area contributed by atoms with E-state index in [0.717, 1.165) is 12.1 Å². The maximum Gasteiger partial charge on any atom is 0.231 e. The number of rotatable bonds is 2. The summed E-state index contributed by atoms with van der Waals surface area (Å²) in [5.41, 5.74) is -0.0129. The van der Waals surface area contributed by atoms with E-state index >= 15 is 0 Å². The molecule has 1 heterocycles. The predicted molar refractivity (Wildman–Crippen MR) is 70.7 cm³/mol. The van der Waals surface area contributed by atoms with Crippen LogP contribution in [-0.2, 0) is 0 Å². The molecule has 0 bridgehead atoms. The lowest BCUT2D eigenvalue weighted by atomic mass is 10.1. The highest BCUT2D eigenvalue weighted by atomic mass is 19.1. The van der Waals surface area contributed by atoms with Crippen molar-refractivity contribution in [1.82, 2.24) is 0 Å². The summed E-state index contributed by atoms with van der Waals surface area (Å²) < 4.78 is 45.6. The number of hydrogen-bond donors (Lipinski definition) is 0. The molecule has 0 saturated heterocycles. The lowest BCUT2D eigenvalue weighted by molar-refractivity contribution is 0.101. The van der Waals surface area contributed by atoms with Gasteiger partial charge in [0.25, 0.3) is 0 Å². The molecule has 5 heteroatoms. The van der Waals surface area contributed by atoms with Gasteiger partial charge in [0, 0.05) is 5.39 Å². The second-order valence-corrected chi connectivity index (χ2v) is 4.70. The van der Waals surface area contributed by atoms with Gasteiger partial charge in [-0.2, -0.15) is 0 Å². The fraction of sp³-hybridized carbons (Fsp3) is 0.0625. The summed E-state index contributed by atoms with van der Waals surface area (Å²) in [4.78, 5) is 12.2. The molecular formula is C16H9F3O2. The molecule has 2 nitrogen and oxygen atoms in total. The molecule has 1 aromatic heterocycles. The van der Waals surface area contributed by atoms with Crippen LogP contribution >= 0.6 is 0 Å². The SMILES string of the molecule is Cc1cc(F)c(C(=O)c2cc3cc(F)ccc3o2)cc1F. The first-order valence-electron chi connectivity index (χ1n) is 6.15. The number of halogens is 3. The Morgan fingerprint density at radius 1 is 1.00 bits per heavy atom. The average molecular weight is 290 g/mol. The van der Waals surface area contributed by atoms with Gasteiger partial charge in [-0.15, -0.1) is 0 Å². The second kappa shape index (κ2) is 4.77. The Morgan fingerprint density at radius 3 is 2.52 bits per heavy atom. The Hall–Kier alpha value is -2.56. The Balaban J connectivity index is 2.10. The number of benzene rings is 2. The molecule has 0 aliphatic carbocycles. The summed E-state index contributed by atoms with van der Waals surface area (Å²) in [7, 11) is 0. The fourth-order valence-corrected chi connectivity index (χ4v) is 2.08. The van der Waals surface area contributed by atoms with Crippen molar-refractivity contribution in [1.29, 1.82) is 0 Å². The monoisotopic (exact) mass is 290 g/mol. The van der Waals surface area contributed by atoms with Crippen LogP contribution in [0.15, 0.2) is 40.8 Å². The van der Waals surface area contributed by atoms with Crippen LogP contribution in [0.4, 0.5) is 13.2 Å². The first-order valence-corrected chi connectivity index (χ1v) is 6.15. The average Bonchev–Trinajstić information content (AvgIpc) is 2.85. The summed E-state index contributed by atoms with van der Waals surface area (Å²) in [6, 6.07) is 6.84. The summed E-state index contributed by atoms with van der Waals surface area (Å²) >= 11 is 0. The van der Waals surface area contributed by atoms with Crippen LogP contribution in [0.2, 0.25) is 0 Å². The van der Waals surface area contributed by atoms with Gasteiger partial charge < -0.3 is 4.42 Å². The van der Waals surface area contributed by atoms with E-state index in [0.29, 0.717) is 11.0 Å². The number of hydrogen-bond acceptors (Lipinski definition) is 2. The number of fused-ring (bicyclic) bond motifs is 1. The van der Waals surface area contributed by atoms with E-state index in [1.54, 1.807) is 0 Å². The Labute approximate surface area is 117 Å². The molecule has 106 valence electrons. The van der Waals surface area contributed by atoms with Crippen molar-refractivity contribution in [3.63, 3.8) is 0 Å². The zero-order chi connectivity index (χ0) is 15.1. The van der Waals surface area contributed by atoms with Gasteiger partial charge >= 0.3 is 0 Å². The molecule has 0 aliphatic rings. The zero-order valence-corrected chi connectivity index (χ0v) is 10.9. The smallest absolute Gasteiger partial charge is 0.231 e. The molecule has 0 amide bonds. The molecule has 0 atom stereocenters. The van der Waals surface area contributed by atoms with Crippen molar-refractivity contribution < 1.29 is 22.4 Å². The molecule has 3 rings (SSSR count). The van der Waals surface area contributed by atoms with Gasteiger partial charge in [-0.3, -0.25) is 4.79 Å². The molecule has 0 spiro atoms. The van der Waals surface area contributed by atoms with Crippen LogP contribution in [0.25, 0.3) is 11.0 Å². The van der Waals surface area contributed by atoms with Crippen molar-refractivity contribution in [2.45, 2.75) is 6.92 Å². The third-order valence-electron chi connectivity index (χ3n) is 3.20. The van der Waals surface area contributed by atoms with Crippen LogP contribution in [0.1, 0.15) is 21.7 Å². The van der Waals surface area contributed by atoms with E-state index in [1.807, 2.05) is 0 Å². The van der Waals surface area contributed by atoms with Crippen molar-refractivity contribution in [3.8, 4) is 0 Å². The van der Waals surface area contributed by atoms with Gasteiger partial charge in [0.2, 0.25) is 5.78 Å². The maximum absolute atomic E-state index is 13.8. The summed E-state index contributed by atoms with van der Waals surface area (Å²) in [6.45, 7) is 1.40. The van der Waals surface area contributed by atoms with Gasteiger partial charge in [0.1, 0.15) is 23.0 Å². The Bertz CT molecular complexity index is 865. The highest BCUT2D eigenvalue weighted by Crippen LogP contribution is 2.24. The van der Waals surface area contributed by atoms with Crippen molar-refractivity contribution in [2.24, 2.45) is 0 Å². The molecule has 2 aromatic carbocycles. The number of carbonyl (C=O) groups excluding carboxylic acids is 1. The lowest BCUT2D eigenvalue weighted by Gasteiger charge is -2.02. The lowest BCUT2D eigenvalue weighted by Crippen LogP contribution is -2.04. The van der Waals surface area contributed by atoms with Crippen LogP contribution in [0.5, 0.6) is 0 Å². The molecule has 0 saturated carbocycles. The fourth-order valence-electron chi connectivity index (χ4n) is 2.08. The van der Waals surface area contributed by atoms with E-state index in [1.165, 1.54) is 31.2 Å². The van der Waals surface area contributed by atoms with Crippen molar-refractivity contribution >= 4 is 16.8 Å². The highest BCUT2D eigenvalue weighted by Gasteiger charge is 2.20. The Morgan fingerprint density at radius 2 is 1.76 bits per heavy atom. The van der Waals surface area contributed by atoms with E-state index in [4.69, 9.17) is 4.42 Å². The van der Waals surface area contributed by atoms with Gasteiger partial charge in [-0.05, 0) is 48.9 Å². The largest absolute Gasteiger partial charge is 0.453 e. The predicted octanol–water partition coefficient (Wildman–Crippen LogP) is 4.39. The molecule has 3 aromatic rings. The van der Waals surface area contributed by atoms with Gasteiger partial charge in [-0.1, -0.05) is 0 Å². The minimum absolute atomic E-state index is 0.107. The third-order valence-corrected chi connectivity index (χ3v) is 3.20.